The molecule has 0 aliphatic carbocycles. The highest BCUT2D eigenvalue weighted by atomic mass is 28.4. The van der Waals surface area contributed by atoms with Crippen molar-refractivity contribution in [1.29, 1.82) is 0 Å². The topological polar surface area (TPSA) is 44.5 Å². The summed E-state index contributed by atoms with van der Waals surface area (Å²) in [7, 11) is -0.0861. The monoisotopic (exact) mass is 295 g/mol. The third-order valence-electron chi connectivity index (χ3n) is 4.30. The van der Waals surface area contributed by atoms with Crippen LogP contribution in [0.2, 0.25) is 18.1 Å². The highest BCUT2D eigenvalue weighted by Crippen LogP contribution is 2.37. The van der Waals surface area contributed by atoms with Crippen LogP contribution in [0.5, 0.6) is 5.75 Å². The van der Waals surface area contributed by atoms with Gasteiger partial charge < -0.3 is 14.9 Å². The summed E-state index contributed by atoms with van der Waals surface area (Å²) in [5.74, 6) is 0.844. The van der Waals surface area contributed by atoms with Gasteiger partial charge in [-0.05, 0) is 36.7 Å². The largest absolute Gasteiger partial charge is 0.496 e. The van der Waals surface area contributed by atoms with E-state index in [0.717, 1.165) is 16.9 Å². The highest BCUT2D eigenvalue weighted by Gasteiger charge is 2.37. The van der Waals surface area contributed by atoms with Crippen LogP contribution in [0.3, 0.4) is 0 Å². The summed E-state index contributed by atoms with van der Waals surface area (Å²) in [6.07, 6.45) is 0. The van der Waals surface area contributed by atoms with Crippen molar-refractivity contribution in [3.63, 3.8) is 0 Å². The van der Waals surface area contributed by atoms with Crippen LogP contribution >= 0.6 is 0 Å². The first-order valence-corrected chi connectivity index (χ1v) is 10.0. The highest BCUT2D eigenvalue weighted by molar-refractivity contribution is 6.74. The molecule has 0 saturated heterocycles. The quantitative estimate of drug-likeness (QED) is 0.834. The Balaban J connectivity index is 2.86. The van der Waals surface area contributed by atoms with Crippen molar-refractivity contribution in [2.24, 2.45) is 5.73 Å². The van der Waals surface area contributed by atoms with E-state index in [1.165, 1.54) is 0 Å². The second kappa shape index (κ2) is 6.29. The lowest BCUT2D eigenvalue weighted by Crippen LogP contribution is -2.42. The van der Waals surface area contributed by atoms with E-state index in [9.17, 15) is 0 Å². The average Bonchev–Trinajstić information content (AvgIpc) is 2.34. The molecule has 1 aromatic carbocycles. The van der Waals surface area contributed by atoms with E-state index in [1.54, 1.807) is 7.11 Å². The van der Waals surface area contributed by atoms with Gasteiger partial charge in [-0.3, -0.25) is 0 Å². The Morgan fingerprint density at radius 2 is 1.85 bits per heavy atom. The van der Waals surface area contributed by atoms with Gasteiger partial charge in [0.25, 0.3) is 0 Å². The first-order valence-electron chi connectivity index (χ1n) is 7.13. The molecule has 114 valence electrons. The Labute approximate surface area is 124 Å². The number of nitrogens with two attached hydrogens (primary N) is 1. The third-order valence-corrected chi connectivity index (χ3v) is 8.81. The van der Waals surface area contributed by atoms with E-state index < -0.39 is 8.32 Å². The molecule has 0 saturated carbocycles. The molecule has 0 aliphatic rings. The minimum Gasteiger partial charge on any atom is -0.496 e. The fourth-order valence-electron chi connectivity index (χ4n) is 1.90. The summed E-state index contributed by atoms with van der Waals surface area (Å²) in [5, 5.41) is 0.197. The minimum absolute atomic E-state index is 0.153. The molecule has 4 heteroatoms. The normalized spacial score (nSPS) is 14.2. The van der Waals surface area contributed by atoms with Crippen LogP contribution < -0.4 is 10.5 Å². The fraction of sp³-hybridized carbons (Fsp3) is 0.625. The molecule has 1 aromatic rings. The van der Waals surface area contributed by atoms with Gasteiger partial charge in [0.2, 0.25) is 0 Å². The maximum absolute atomic E-state index is 6.34. The predicted molar refractivity (Wildman–Crippen MR) is 87.8 cm³/mol. The maximum Gasteiger partial charge on any atom is 0.192 e. The SMILES string of the molecule is COc1cccc(C)c1C(N)CO[Si](C)(C)C(C)(C)C. The molecule has 0 bridgehead atoms. The molecule has 1 unspecified atom stereocenters. The molecule has 0 heterocycles. The van der Waals surface area contributed by atoms with E-state index in [4.69, 9.17) is 14.9 Å². The van der Waals surface area contributed by atoms with Crippen molar-refractivity contribution in [3.05, 3.63) is 29.3 Å². The van der Waals surface area contributed by atoms with E-state index in [2.05, 4.69) is 46.9 Å². The van der Waals surface area contributed by atoms with Crippen LogP contribution in [-0.4, -0.2) is 22.0 Å². The number of ether oxygens (including phenoxy) is 1. The van der Waals surface area contributed by atoms with Crippen molar-refractivity contribution in [2.45, 2.75) is 51.9 Å². The van der Waals surface area contributed by atoms with Crippen LogP contribution in [0.15, 0.2) is 18.2 Å². The molecule has 0 amide bonds. The van der Waals surface area contributed by atoms with Gasteiger partial charge in [-0.15, -0.1) is 0 Å². The van der Waals surface area contributed by atoms with E-state index >= 15 is 0 Å². The number of hydrogen-bond acceptors (Lipinski definition) is 3. The van der Waals surface area contributed by atoms with Gasteiger partial charge in [0.1, 0.15) is 5.75 Å². The standard InChI is InChI=1S/C16H29NO2Si/c1-12-9-8-10-14(18-5)15(12)13(17)11-19-20(6,7)16(2,3)4/h8-10,13H,11,17H2,1-7H3. The molecule has 0 aliphatic heterocycles. The van der Waals surface area contributed by atoms with Crippen LogP contribution in [0.4, 0.5) is 0 Å². The van der Waals surface area contributed by atoms with Crippen LogP contribution in [0, 0.1) is 6.92 Å². The molecule has 2 N–H and O–H groups in total. The zero-order chi connectivity index (χ0) is 15.6. The summed E-state index contributed by atoms with van der Waals surface area (Å²) in [6, 6.07) is 5.85. The Morgan fingerprint density at radius 3 is 2.35 bits per heavy atom. The van der Waals surface area contributed by atoms with Crippen LogP contribution in [-0.2, 0) is 4.43 Å². The van der Waals surface area contributed by atoms with Crippen LogP contribution in [0.25, 0.3) is 0 Å². The maximum atomic E-state index is 6.34. The lowest BCUT2D eigenvalue weighted by Gasteiger charge is -2.37. The second-order valence-electron chi connectivity index (χ2n) is 6.87. The predicted octanol–water partition coefficient (Wildman–Crippen LogP) is 4.03. The fourth-order valence-corrected chi connectivity index (χ4v) is 2.93. The van der Waals surface area contributed by atoms with E-state index in [1.807, 2.05) is 12.1 Å². The van der Waals surface area contributed by atoms with Gasteiger partial charge in [-0.25, -0.2) is 0 Å². The van der Waals surface area contributed by atoms with Gasteiger partial charge >= 0.3 is 0 Å². The number of methoxy groups -OCH3 is 1. The van der Waals surface area contributed by atoms with Crippen molar-refractivity contribution in [3.8, 4) is 5.75 Å². The zero-order valence-electron chi connectivity index (χ0n) is 13.9. The molecule has 0 radical (unpaired) electrons. The molecule has 0 spiro atoms. The van der Waals surface area contributed by atoms with Crippen LogP contribution in [0.1, 0.15) is 37.9 Å². The number of benzene rings is 1. The lowest BCUT2D eigenvalue weighted by molar-refractivity contribution is 0.261. The van der Waals surface area contributed by atoms with Crippen molar-refractivity contribution in [1.82, 2.24) is 0 Å². The summed E-state index contributed by atoms with van der Waals surface area (Å²) in [5.41, 5.74) is 8.54. The summed E-state index contributed by atoms with van der Waals surface area (Å²) in [6.45, 7) is 13.8. The van der Waals surface area contributed by atoms with E-state index in [0.29, 0.717) is 6.61 Å². The Morgan fingerprint density at radius 1 is 1.25 bits per heavy atom. The zero-order valence-corrected chi connectivity index (χ0v) is 14.9. The van der Waals surface area contributed by atoms with Gasteiger partial charge in [-0.2, -0.15) is 0 Å². The van der Waals surface area contributed by atoms with Crippen molar-refractivity contribution >= 4 is 8.32 Å². The smallest absolute Gasteiger partial charge is 0.192 e. The molecule has 0 fully saturated rings. The van der Waals surface area contributed by atoms with E-state index in [-0.39, 0.29) is 11.1 Å². The first-order chi connectivity index (χ1) is 9.10. The van der Waals surface area contributed by atoms with Gasteiger partial charge in [0.15, 0.2) is 8.32 Å². The van der Waals surface area contributed by atoms with Crippen molar-refractivity contribution < 1.29 is 9.16 Å². The molecular weight excluding hydrogens is 266 g/mol. The molecule has 0 aromatic heterocycles. The Kier molecular flexibility index (Phi) is 5.41. The second-order valence-corrected chi connectivity index (χ2v) is 11.7. The average molecular weight is 295 g/mol. The summed E-state index contributed by atoms with van der Waals surface area (Å²) < 4.78 is 11.6. The van der Waals surface area contributed by atoms with Crippen molar-refractivity contribution in [2.75, 3.05) is 13.7 Å². The summed E-state index contributed by atoms with van der Waals surface area (Å²) >= 11 is 0. The van der Waals surface area contributed by atoms with Gasteiger partial charge in [0, 0.05) is 5.56 Å². The summed E-state index contributed by atoms with van der Waals surface area (Å²) in [4.78, 5) is 0. The Hall–Kier alpha value is -0.843. The molecule has 1 atom stereocenters. The number of aryl methyl sites for hydroxylation is 1. The first kappa shape index (κ1) is 17.2. The molecule has 20 heavy (non-hydrogen) atoms. The molecule has 1 rings (SSSR count). The minimum atomic E-state index is -1.77. The molecule has 3 nitrogen and oxygen atoms in total. The number of rotatable bonds is 5. The lowest BCUT2D eigenvalue weighted by atomic mass is 10.0. The Bertz CT molecular complexity index is 452. The van der Waals surface area contributed by atoms with Gasteiger partial charge in [0.05, 0.1) is 19.8 Å². The van der Waals surface area contributed by atoms with Gasteiger partial charge in [-0.1, -0.05) is 32.9 Å². The molecular formula is C16H29NO2Si. The third kappa shape index (κ3) is 3.84. The number of hydrogen-bond donors (Lipinski definition) is 1.